The van der Waals surface area contributed by atoms with Gasteiger partial charge in [0.1, 0.15) is 5.84 Å². The minimum atomic E-state index is -0.452. The van der Waals surface area contributed by atoms with Crippen LogP contribution in [0.4, 0.5) is 5.69 Å². The van der Waals surface area contributed by atoms with Crippen LogP contribution in [-0.2, 0) is 16.0 Å². The predicted molar refractivity (Wildman–Crippen MR) is 100 cm³/mol. The molecule has 0 aliphatic carbocycles. The molecule has 0 radical (unpaired) electrons. The van der Waals surface area contributed by atoms with Crippen LogP contribution in [0.2, 0.25) is 0 Å². The zero-order valence-corrected chi connectivity index (χ0v) is 15.4. The van der Waals surface area contributed by atoms with Crippen LogP contribution in [0.3, 0.4) is 0 Å². The van der Waals surface area contributed by atoms with Crippen LogP contribution in [0.1, 0.15) is 21.5 Å². The number of hydrogen-bond donors (Lipinski definition) is 3. The van der Waals surface area contributed by atoms with Crippen molar-refractivity contribution in [2.45, 2.75) is 6.42 Å². The average molecular weight is 404 g/mol. The molecule has 6 nitrogen and oxygen atoms in total. The van der Waals surface area contributed by atoms with E-state index in [2.05, 4.69) is 31.3 Å². The topological polar surface area (TPSA) is 91.3 Å². The molecule has 2 aromatic rings. The molecule has 2 rings (SSSR count). The molecule has 3 N–H and O–H groups in total. The molecule has 1 amide bonds. The van der Waals surface area contributed by atoms with Crippen molar-refractivity contribution in [3.63, 3.8) is 0 Å². The summed E-state index contributed by atoms with van der Waals surface area (Å²) in [6.45, 7) is 0. The number of anilines is 1. The molecule has 25 heavy (non-hydrogen) atoms. The van der Waals surface area contributed by atoms with Gasteiger partial charge in [-0.05, 0) is 29.8 Å². The molecule has 0 atom stereocenters. The minimum absolute atomic E-state index is 0.00786. The van der Waals surface area contributed by atoms with Gasteiger partial charge in [0.15, 0.2) is 0 Å². The first kappa shape index (κ1) is 18.7. The van der Waals surface area contributed by atoms with E-state index in [1.165, 1.54) is 7.11 Å². The molecule has 0 bridgehead atoms. The van der Waals surface area contributed by atoms with E-state index < -0.39 is 11.9 Å². The summed E-state index contributed by atoms with van der Waals surface area (Å²) in [6.07, 6.45) is -0.00786. The first-order chi connectivity index (χ1) is 12.0. The molecule has 0 saturated carbocycles. The molecule has 0 aliphatic heterocycles. The third-order valence-electron chi connectivity index (χ3n) is 3.58. The number of amidine groups is 1. The molecule has 7 heteroatoms. The molecular formula is C18H18BrN3O3. The van der Waals surface area contributed by atoms with Crippen LogP contribution >= 0.6 is 15.9 Å². The number of nitrogens with one attached hydrogen (secondary N) is 3. The van der Waals surface area contributed by atoms with Crippen LogP contribution in [0.15, 0.2) is 46.9 Å². The summed E-state index contributed by atoms with van der Waals surface area (Å²) in [7, 11) is 3.04. The predicted octanol–water partition coefficient (Wildman–Crippen LogP) is 2.96. The summed E-state index contributed by atoms with van der Waals surface area (Å²) in [6, 6.07) is 12.1. The lowest BCUT2D eigenvalue weighted by Crippen LogP contribution is -2.32. The van der Waals surface area contributed by atoms with Crippen molar-refractivity contribution in [3.8, 4) is 0 Å². The summed E-state index contributed by atoms with van der Waals surface area (Å²) in [5.74, 6) is -0.921. The Hall–Kier alpha value is -2.67. The summed E-state index contributed by atoms with van der Waals surface area (Å²) in [5.41, 5.74) is 2.15. The molecule has 0 fully saturated rings. The number of carbonyl (C=O) groups is 2. The van der Waals surface area contributed by atoms with E-state index in [4.69, 9.17) is 5.41 Å². The fourth-order valence-corrected chi connectivity index (χ4v) is 2.67. The van der Waals surface area contributed by atoms with Gasteiger partial charge in [-0.25, -0.2) is 0 Å². The Bertz CT molecular complexity index is 821. The molecule has 0 heterocycles. The first-order valence-corrected chi connectivity index (χ1v) is 8.28. The van der Waals surface area contributed by atoms with E-state index in [-0.39, 0.29) is 12.3 Å². The van der Waals surface area contributed by atoms with E-state index in [0.29, 0.717) is 16.7 Å². The lowest BCUT2D eigenvalue weighted by atomic mass is 10.0. The second-order valence-electron chi connectivity index (χ2n) is 5.18. The third kappa shape index (κ3) is 4.67. The van der Waals surface area contributed by atoms with Gasteiger partial charge in [0.2, 0.25) is 0 Å². The molecule has 0 aromatic heterocycles. The van der Waals surface area contributed by atoms with Gasteiger partial charge in [0.25, 0.3) is 5.91 Å². The number of methoxy groups -OCH3 is 1. The summed E-state index contributed by atoms with van der Waals surface area (Å²) in [5, 5.41) is 13.8. The van der Waals surface area contributed by atoms with Gasteiger partial charge >= 0.3 is 5.97 Å². The number of benzene rings is 2. The van der Waals surface area contributed by atoms with Crippen molar-refractivity contribution in [1.29, 1.82) is 5.41 Å². The Morgan fingerprint density at radius 3 is 2.56 bits per heavy atom. The van der Waals surface area contributed by atoms with Gasteiger partial charge in [0.05, 0.1) is 13.5 Å². The van der Waals surface area contributed by atoms with Crippen molar-refractivity contribution in [2.75, 3.05) is 19.5 Å². The average Bonchev–Trinajstić information content (AvgIpc) is 2.61. The molecule has 2 aromatic carbocycles. The van der Waals surface area contributed by atoms with Crippen molar-refractivity contribution in [3.05, 3.63) is 63.6 Å². The summed E-state index contributed by atoms with van der Waals surface area (Å²) < 4.78 is 5.45. The highest BCUT2D eigenvalue weighted by atomic mass is 79.9. The monoisotopic (exact) mass is 403 g/mol. The summed E-state index contributed by atoms with van der Waals surface area (Å²) >= 11 is 3.36. The standard InChI is InChI=1S/C18H18BrN3O3/c1-21-15-8-7-12(19)10-14(15)17(20)22-18(24)13-6-4-3-5-11(13)9-16(23)25-2/h3-8,10,21H,9H2,1-2H3,(H2,20,22,24). The molecule has 130 valence electrons. The highest BCUT2D eigenvalue weighted by Gasteiger charge is 2.17. The number of halogens is 1. The molecular weight excluding hydrogens is 386 g/mol. The van der Waals surface area contributed by atoms with Gasteiger partial charge in [0, 0.05) is 28.3 Å². The number of amides is 1. The van der Waals surface area contributed by atoms with Gasteiger partial charge in [-0.2, -0.15) is 0 Å². The maximum Gasteiger partial charge on any atom is 0.310 e. The zero-order chi connectivity index (χ0) is 18.4. The van der Waals surface area contributed by atoms with E-state index >= 15 is 0 Å². The van der Waals surface area contributed by atoms with Crippen LogP contribution in [0.25, 0.3) is 0 Å². The second kappa shape index (κ2) is 8.43. The van der Waals surface area contributed by atoms with Crippen molar-refractivity contribution in [1.82, 2.24) is 5.32 Å². The largest absolute Gasteiger partial charge is 0.469 e. The van der Waals surface area contributed by atoms with E-state index in [9.17, 15) is 9.59 Å². The smallest absolute Gasteiger partial charge is 0.310 e. The Kier molecular flexibility index (Phi) is 6.30. The molecule has 0 aliphatic rings. The van der Waals surface area contributed by atoms with Crippen LogP contribution < -0.4 is 10.6 Å². The highest BCUT2D eigenvalue weighted by Crippen LogP contribution is 2.21. The lowest BCUT2D eigenvalue weighted by Gasteiger charge is -2.13. The SMILES string of the molecule is CNc1ccc(Br)cc1C(=N)NC(=O)c1ccccc1CC(=O)OC. The zero-order valence-electron chi connectivity index (χ0n) is 13.9. The number of hydrogen-bond acceptors (Lipinski definition) is 5. The first-order valence-electron chi connectivity index (χ1n) is 7.48. The summed E-state index contributed by atoms with van der Waals surface area (Å²) in [4.78, 5) is 24.1. The number of rotatable bonds is 5. The van der Waals surface area contributed by atoms with Gasteiger partial charge in [-0.1, -0.05) is 34.1 Å². The lowest BCUT2D eigenvalue weighted by molar-refractivity contribution is -0.139. The Labute approximate surface area is 154 Å². The van der Waals surface area contributed by atoms with Crippen molar-refractivity contribution >= 4 is 39.3 Å². The Morgan fingerprint density at radius 1 is 1.16 bits per heavy atom. The van der Waals surface area contributed by atoms with E-state index in [0.717, 1.165) is 10.2 Å². The third-order valence-corrected chi connectivity index (χ3v) is 4.08. The number of esters is 1. The van der Waals surface area contributed by atoms with Crippen molar-refractivity contribution in [2.24, 2.45) is 0 Å². The van der Waals surface area contributed by atoms with Crippen LogP contribution in [0.5, 0.6) is 0 Å². The Morgan fingerprint density at radius 2 is 1.88 bits per heavy atom. The van der Waals surface area contributed by atoms with Crippen molar-refractivity contribution < 1.29 is 14.3 Å². The highest BCUT2D eigenvalue weighted by molar-refractivity contribution is 9.10. The normalized spacial score (nSPS) is 10.0. The van der Waals surface area contributed by atoms with E-state index in [1.54, 1.807) is 37.4 Å². The number of carbonyl (C=O) groups excluding carboxylic acids is 2. The maximum atomic E-state index is 12.6. The fraction of sp³-hybridized carbons (Fsp3) is 0.167. The fourth-order valence-electron chi connectivity index (χ4n) is 2.31. The molecule has 0 unspecified atom stereocenters. The molecule has 0 spiro atoms. The minimum Gasteiger partial charge on any atom is -0.469 e. The quantitative estimate of drug-likeness (QED) is 0.406. The van der Waals surface area contributed by atoms with Gasteiger partial charge < -0.3 is 15.4 Å². The van der Waals surface area contributed by atoms with Crippen LogP contribution in [0, 0.1) is 5.41 Å². The Balaban J connectivity index is 2.24. The maximum absolute atomic E-state index is 12.6. The number of ether oxygens (including phenoxy) is 1. The second-order valence-corrected chi connectivity index (χ2v) is 6.09. The van der Waals surface area contributed by atoms with Gasteiger partial charge in [-0.3, -0.25) is 15.0 Å². The van der Waals surface area contributed by atoms with E-state index in [1.807, 2.05) is 12.1 Å². The van der Waals surface area contributed by atoms with Gasteiger partial charge in [-0.15, -0.1) is 0 Å². The molecule has 0 saturated heterocycles. The van der Waals surface area contributed by atoms with Crippen LogP contribution in [-0.4, -0.2) is 31.9 Å².